The Hall–Kier alpha value is -0.770. The molecule has 0 atom stereocenters. The van der Waals surface area contributed by atoms with Crippen LogP contribution in [-0.2, 0) is 4.74 Å². The van der Waals surface area contributed by atoms with E-state index < -0.39 is 0 Å². The Bertz CT molecular complexity index is 382. The lowest BCUT2D eigenvalue weighted by Crippen LogP contribution is -2.28. The van der Waals surface area contributed by atoms with Gasteiger partial charge in [0.1, 0.15) is 0 Å². The first-order valence-electron chi connectivity index (χ1n) is 7.00. The summed E-state index contributed by atoms with van der Waals surface area (Å²) in [6.07, 6.45) is 2.72. The first-order chi connectivity index (χ1) is 9.24. The molecule has 1 aromatic carbocycles. The van der Waals surface area contributed by atoms with E-state index in [1.54, 1.807) is 0 Å². The fourth-order valence-electron chi connectivity index (χ4n) is 1.86. The molecule has 0 radical (unpaired) electrons. The lowest BCUT2D eigenvalue weighted by atomic mass is 10.3. The maximum Gasteiger partial charge on any atom is 0.0593 e. The van der Waals surface area contributed by atoms with Crippen LogP contribution < -0.4 is 5.32 Å². The topological polar surface area (TPSA) is 24.5 Å². The van der Waals surface area contributed by atoms with Crippen LogP contribution in [0.4, 0.5) is 5.69 Å². The number of benzene rings is 1. The van der Waals surface area contributed by atoms with Crippen molar-refractivity contribution in [1.82, 2.24) is 4.90 Å². The predicted octanol–water partition coefficient (Wildman–Crippen LogP) is 3.11. The Morgan fingerprint density at radius 2 is 2.21 bits per heavy atom. The van der Waals surface area contributed by atoms with Crippen molar-refractivity contribution in [3.8, 4) is 0 Å². The number of hydrogen-bond acceptors (Lipinski definition) is 3. The molecule has 3 nitrogen and oxygen atoms in total. The summed E-state index contributed by atoms with van der Waals surface area (Å²) in [4.78, 5) is 2.28. The smallest absolute Gasteiger partial charge is 0.0593 e. The van der Waals surface area contributed by atoms with Gasteiger partial charge in [0.05, 0.1) is 6.61 Å². The molecule has 1 fully saturated rings. The van der Waals surface area contributed by atoms with Crippen LogP contribution in [0.5, 0.6) is 0 Å². The zero-order valence-corrected chi connectivity index (χ0v) is 12.3. The zero-order chi connectivity index (χ0) is 13.5. The van der Waals surface area contributed by atoms with Gasteiger partial charge >= 0.3 is 0 Å². The number of ether oxygens (including phenoxy) is 1. The van der Waals surface area contributed by atoms with E-state index in [-0.39, 0.29) is 0 Å². The van der Waals surface area contributed by atoms with E-state index in [2.05, 4.69) is 17.3 Å². The molecule has 0 unspecified atom stereocenters. The van der Waals surface area contributed by atoms with Crippen LogP contribution in [0, 0.1) is 5.92 Å². The Morgan fingerprint density at radius 3 is 2.95 bits per heavy atom. The summed E-state index contributed by atoms with van der Waals surface area (Å²) in [5.74, 6) is 0.856. The number of hydrogen-bond donors (Lipinski definition) is 1. The van der Waals surface area contributed by atoms with Gasteiger partial charge in [-0.05, 0) is 44.0 Å². The Labute approximate surface area is 120 Å². The molecular formula is C15H23ClN2O. The molecule has 0 amide bonds. The van der Waals surface area contributed by atoms with Gasteiger partial charge in [-0.2, -0.15) is 0 Å². The van der Waals surface area contributed by atoms with Gasteiger partial charge in [0.15, 0.2) is 0 Å². The van der Waals surface area contributed by atoms with E-state index in [1.807, 2.05) is 24.3 Å². The van der Waals surface area contributed by atoms with Crippen LogP contribution in [0.25, 0.3) is 0 Å². The quantitative estimate of drug-likeness (QED) is 0.705. The third-order valence-electron chi connectivity index (χ3n) is 3.32. The summed E-state index contributed by atoms with van der Waals surface area (Å²) >= 11 is 5.93. The highest BCUT2D eigenvalue weighted by Crippen LogP contribution is 2.28. The van der Waals surface area contributed by atoms with Crippen molar-refractivity contribution in [3.63, 3.8) is 0 Å². The van der Waals surface area contributed by atoms with Crippen molar-refractivity contribution in [2.45, 2.75) is 12.8 Å². The van der Waals surface area contributed by atoms with E-state index in [0.29, 0.717) is 0 Å². The molecule has 0 saturated heterocycles. The second kappa shape index (κ2) is 7.73. The fourth-order valence-corrected chi connectivity index (χ4v) is 2.05. The molecule has 1 saturated carbocycles. The van der Waals surface area contributed by atoms with Crippen molar-refractivity contribution >= 4 is 17.3 Å². The highest BCUT2D eigenvalue weighted by atomic mass is 35.5. The maximum absolute atomic E-state index is 5.93. The molecule has 0 aromatic heterocycles. The average molecular weight is 283 g/mol. The SMILES string of the molecule is CN(CCNc1cccc(Cl)c1)CCOCC1CC1. The van der Waals surface area contributed by atoms with E-state index in [9.17, 15) is 0 Å². The van der Waals surface area contributed by atoms with Crippen LogP contribution in [0.3, 0.4) is 0 Å². The minimum absolute atomic E-state index is 0.770. The highest BCUT2D eigenvalue weighted by molar-refractivity contribution is 6.30. The van der Waals surface area contributed by atoms with Crippen LogP contribution >= 0.6 is 11.6 Å². The second-order valence-electron chi connectivity index (χ2n) is 5.26. The van der Waals surface area contributed by atoms with Crippen molar-refractivity contribution in [2.24, 2.45) is 5.92 Å². The first-order valence-corrected chi connectivity index (χ1v) is 7.37. The summed E-state index contributed by atoms with van der Waals surface area (Å²) in [5.41, 5.74) is 1.07. The number of rotatable bonds is 9. The molecule has 0 spiro atoms. The summed E-state index contributed by atoms with van der Waals surface area (Å²) in [7, 11) is 2.13. The van der Waals surface area contributed by atoms with E-state index >= 15 is 0 Å². The van der Waals surface area contributed by atoms with Crippen molar-refractivity contribution in [1.29, 1.82) is 0 Å². The van der Waals surface area contributed by atoms with Crippen LogP contribution in [0.15, 0.2) is 24.3 Å². The van der Waals surface area contributed by atoms with Gasteiger partial charge in [-0.15, -0.1) is 0 Å². The molecule has 19 heavy (non-hydrogen) atoms. The molecule has 1 N–H and O–H groups in total. The molecule has 2 rings (SSSR count). The standard InChI is InChI=1S/C15H23ClN2O/c1-18(9-10-19-12-13-5-6-13)8-7-17-15-4-2-3-14(16)11-15/h2-4,11,13,17H,5-10,12H2,1H3. The minimum Gasteiger partial charge on any atom is -0.384 e. The van der Waals surface area contributed by atoms with Gasteiger partial charge in [0.25, 0.3) is 0 Å². The van der Waals surface area contributed by atoms with Gasteiger partial charge < -0.3 is 15.0 Å². The summed E-state index contributed by atoms with van der Waals surface area (Å²) in [5, 5.41) is 4.14. The third kappa shape index (κ3) is 6.28. The van der Waals surface area contributed by atoms with Crippen molar-refractivity contribution < 1.29 is 4.74 Å². The van der Waals surface area contributed by atoms with E-state index in [1.165, 1.54) is 12.8 Å². The van der Waals surface area contributed by atoms with Crippen molar-refractivity contribution in [2.75, 3.05) is 45.2 Å². The lowest BCUT2D eigenvalue weighted by molar-refractivity contribution is 0.104. The predicted molar refractivity (Wildman–Crippen MR) is 81.0 cm³/mol. The Balaban J connectivity index is 1.51. The number of halogens is 1. The highest BCUT2D eigenvalue weighted by Gasteiger charge is 2.20. The molecule has 0 aliphatic heterocycles. The molecule has 106 valence electrons. The van der Waals surface area contributed by atoms with Gasteiger partial charge in [-0.25, -0.2) is 0 Å². The summed E-state index contributed by atoms with van der Waals surface area (Å²) in [6, 6.07) is 7.82. The zero-order valence-electron chi connectivity index (χ0n) is 11.6. The van der Waals surface area contributed by atoms with Crippen LogP contribution in [0.2, 0.25) is 5.02 Å². The molecule has 1 aromatic rings. The van der Waals surface area contributed by atoms with Gasteiger partial charge in [-0.1, -0.05) is 17.7 Å². The van der Waals surface area contributed by atoms with E-state index in [4.69, 9.17) is 16.3 Å². The van der Waals surface area contributed by atoms with Gasteiger partial charge in [0, 0.05) is 37.0 Å². The van der Waals surface area contributed by atoms with Crippen molar-refractivity contribution in [3.05, 3.63) is 29.3 Å². The first kappa shape index (κ1) is 14.6. The molecular weight excluding hydrogens is 260 g/mol. The largest absolute Gasteiger partial charge is 0.384 e. The minimum atomic E-state index is 0.770. The van der Waals surface area contributed by atoms with Gasteiger partial charge in [0.2, 0.25) is 0 Å². The number of nitrogens with one attached hydrogen (secondary N) is 1. The van der Waals surface area contributed by atoms with Crippen LogP contribution in [0.1, 0.15) is 12.8 Å². The van der Waals surface area contributed by atoms with E-state index in [0.717, 1.165) is 49.5 Å². The Kier molecular flexibility index (Phi) is 5.95. The number of anilines is 1. The molecule has 1 aliphatic carbocycles. The fraction of sp³-hybridized carbons (Fsp3) is 0.600. The number of nitrogens with zero attached hydrogens (tertiary/aromatic N) is 1. The monoisotopic (exact) mass is 282 g/mol. The Morgan fingerprint density at radius 1 is 1.37 bits per heavy atom. The molecule has 4 heteroatoms. The number of likely N-dealkylation sites (N-methyl/N-ethyl adjacent to an activating group) is 1. The average Bonchev–Trinajstić information content (AvgIpc) is 3.19. The summed E-state index contributed by atoms with van der Waals surface area (Å²) in [6.45, 7) is 4.70. The molecule has 1 aliphatic rings. The maximum atomic E-state index is 5.93. The molecule has 0 bridgehead atoms. The molecule has 0 heterocycles. The van der Waals surface area contributed by atoms with Crippen LogP contribution in [-0.4, -0.2) is 44.8 Å². The summed E-state index contributed by atoms with van der Waals surface area (Å²) < 4.78 is 5.63. The van der Waals surface area contributed by atoms with Gasteiger partial charge in [-0.3, -0.25) is 0 Å². The normalized spacial score (nSPS) is 14.9. The second-order valence-corrected chi connectivity index (χ2v) is 5.70. The third-order valence-corrected chi connectivity index (χ3v) is 3.55. The lowest BCUT2D eigenvalue weighted by Gasteiger charge is -2.17.